The summed E-state index contributed by atoms with van der Waals surface area (Å²) in [6.07, 6.45) is 10.1. The maximum absolute atomic E-state index is 13.4. The van der Waals surface area contributed by atoms with Gasteiger partial charge in [-0.25, -0.2) is 12.7 Å². The van der Waals surface area contributed by atoms with Gasteiger partial charge < -0.3 is 9.13 Å². The lowest BCUT2D eigenvalue weighted by atomic mass is 10.1. The normalized spacial score (nSPS) is 24.2. The Kier molecular flexibility index (Phi) is 5.92. The molecular weight excluding hydrogens is 464 g/mol. The number of sulfonamides is 1. The number of benzene rings is 1. The number of aryl methyl sites for hydroxylation is 2. The minimum absolute atomic E-state index is 0.157. The van der Waals surface area contributed by atoms with Gasteiger partial charge in [-0.15, -0.1) is 10.2 Å². The van der Waals surface area contributed by atoms with E-state index in [-0.39, 0.29) is 16.9 Å². The molecule has 10 heteroatoms. The molecule has 0 radical (unpaired) electrons. The lowest BCUT2D eigenvalue weighted by molar-refractivity contribution is 0.112. The number of aliphatic imine (C=N–C) groups is 1. The van der Waals surface area contributed by atoms with Crippen molar-refractivity contribution in [3.05, 3.63) is 77.8 Å². The van der Waals surface area contributed by atoms with Crippen molar-refractivity contribution in [2.75, 3.05) is 0 Å². The molecule has 1 aromatic carbocycles. The van der Waals surface area contributed by atoms with E-state index in [9.17, 15) is 13.2 Å². The quantitative estimate of drug-likeness (QED) is 0.369. The molecule has 1 fully saturated rings. The van der Waals surface area contributed by atoms with E-state index in [0.29, 0.717) is 11.4 Å². The molecule has 3 heterocycles. The molecule has 0 saturated heterocycles. The van der Waals surface area contributed by atoms with E-state index in [1.807, 2.05) is 43.0 Å². The summed E-state index contributed by atoms with van der Waals surface area (Å²) in [5.74, 6) is 1.68. The molecule has 2 aliphatic rings. The highest BCUT2D eigenvalue weighted by Gasteiger charge is 2.41. The molecule has 4 atom stereocenters. The second-order valence-electron chi connectivity index (χ2n) is 9.23. The van der Waals surface area contributed by atoms with Crippen molar-refractivity contribution < 1.29 is 13.2 Å². The fraction of sp³-hybridized carbons (Fsp3) is 0.360. The van der Waals surface area contributed by atoms with Gasteiger partial charge in [0.15, 0.2) is 12.5 Å². The first-order valence-electron chi connectivity index (χ1n) is 11.6. The second kappa shape index (κ2) is 8.92. The van der Waals surface area contributed by atoms with Crippen LogP contribution in [0.2, 0.25) is 0 Å². The standard InChI is InChI=1S/C25H28N6O3S/c1-17-4-8-22(9-5-17)35(33,34)30-13-11-23(25(30)26-3)31-18(2)27-28-24(31)20-6-7-21(14-20)29-12-10-19(15-29)16-32/h4-5,8-13,15-16,20-21,23,25H,3,6-7,14H2,1-2H3/t20?,21-,23?,25?/m0/s1. The highest BCUT2D eigenvalue weighted by molar-refractivity contribution is 7.89. The van der Waals surface area contributed by atoms with Gasteiger partial charge in [0.1, 0.15) is 11.6 Å². The van der Waals surface area contributed by atoms with Gasteiger partial charge in [-0.05, 0) is 64.1 Å². The van der Waals surface area contributed by atoms with Gasteiger partial charge in [0.05, 0.1) is 10.9 Å². The minimum atomic E-state index is -3.80. The van der Waals surface area contributed by atoms with Crippen LogP contribution in [-0.2, 0) is 10.0 Å². The Morgan fingerprint density at radius 3 is 2.57 bits per heavy atom. The van der Waals surface area contributed by atoms with Crippen LogP contribution in [0.4, 0.5) is 0 Å². The third-order valence-electron chi connectivity index (χ3n) is 7.04. The van der Waals surface area contributed by atoms with Gasteiger partial charge in [-0.1, -0.05) is 17.7 Å². The van der Waals surface area contributed by atoms with Crippen LogP contribution >= 0.6 is 0 Å². The van der Waals surface area contributed by atoms with E-state index in [1.165, 1.54) is 4.31 Å². The first kappa shape index (κ1) is 23.2. The Morgan fingerprint density at radius 2 is 1.89 bits per heavy atom. The summed E-state index contributed by atoms with van der Waals surface area (Å²) >= 11 is 0. The van der Waals surface area contributed by atoms with Crippen molar-refractivity contribution in [1.82, 2.24) is 23.6 Å². The largest absolute Gasteiger partial charge is 0.350 e. The summed E-state index contributed by atoms with van der Waals surface area (Å²) < 4.78 is 32.2. The van der Waals surface area contributed by atoms with Crippen LogP contribution in [0.3, 0.4) is 0 Å². The molecule has 35 heavy (non-hydrogen) atoms. The molecule has 0 spiro atoms. The number of carbonyl (C=O) groups is 1. The van der Waals surface area contributed by atoms with Crippen molar-refractivity contribution >= 4 is 23.0 Å². The fourth-order valence-corrected chi connectivity index (χ4v) is 6.63. The van der Waals surface area contributed by atoms with E-state index in [2.05, 4.69) is 26.5 Å². The molecule has 0 N–H and O–H groups in total. The van der Waals surface area contributed by atoms with E-state index in [1.54, 1.807) is 30.5 Å². The van der Waals surface area contributed by atoms with E-state index in [4.69, 9.17) is 0 Å². The topological polar surface area (TPSA) is 102 Å². The van der Waals surface area contributed by atoms with E-state index in [0.717, 1.165) is 36.9 Å². The minimum Gasteiger partial charge on any atom is -0.350 e. The number of nitrogens with zero attached hydrogens (tertiary/aromatic N) is 6. The van der Waals surface area contributed by atoms with Crippen LogP contribution < -0.4 is 0 Å². The lowest BCUT2D eigenvalue weighted by Gasteiger charge is -2.28. The van der Waals surface area contributed by atoms with Crippen LogP contribution in [-0.4, -0.2) is 51.2 Å². The predicted molar refractivity (Wildman–Crippen MR) is 132 cm³/mol. The number of aromatic nitrogens is 4. The Hall–Kier alpha value is -3.53. The summed E-state index contributed by atoms with van der Waals surface area (Å²) in [5, 5.41) is 8.84. The van der Waals surface area contributed by atoms with Gasteiger partial charge in [-0.3, -0.25) is 9.79 Å². The SMILES string of the molecule is C=NC1C(n2c(C)nnc2C2CC[C@H](n3ccc(C=O)c3)C2)C=CN1S(=O)(=O)c1ccc(C)cc1. The molecule has 3 unspecified atom stereocenters. The molecule has 3 aromatic rings. The first-order valence-corrected chi connectivity index (χ1v) is 13.1. The summed E-state index contributed by atoms with van der Waals surface area (Å²) in [6, 6.07) is 8.47. The molecule has 182 valence electrons. The van der Waals surface area contributed by atoms with Gasteiger partial charge in [-0.2, -0.15) is 0 Å². The van der Waals surface area contributed by atoms with Gasteiger partial charge >= 0.3 is 0 Å². The number of hydrogen-bond donors (Lipinski definition) is 0. The van der Waals surface area contributed by atoms with Crippen molar-refractivity contribution in [2.45, 2.75) is 62.2 Å². The summed E-state index contributed by atoms with van der Waals surface area (Å²) in [6.45, 7) is 7.50. The Morgan fingerprint density at radius 1 is 1.11 bits per heavy atom. The molecule has 5 rings (SSSR count). The number of carbonyl (C=O) groups excluding carboxylic acids is 1. The molecule has 1 aliphatic carbocycles. The first-order chi connectivity index (χ1) is 16.8. The third-order valence-corrected chi connectivity index (χ3v) is 8.80. The smallest absolute Gasteiger partial charge is 0.265 e. The zero-order valence-corrected chi connectivity index (χ0v) is 20.5. The molecule has 1 aliphatic heterocycles. The molecular formula is C25H28N6O3S. The van der Waals surface area contributed by atoms with Crippen molar-refractivity contribution in [3.63, 3.8) is 0 Å². The monoisotopic (exact) mass is 492 g/mol. The molecule has 0 amide bonds. The van der Waals surface area contributed by atoms with Crippen LogP contribution in [0, 0.1) is 13.8 Å². The highest BCUT2D eigenvalue weighted by atomic mass is 32.2. The van der Waals surface area contributed by atoms with Gasteiger partial charge in [0, 0.05) is 36.1 Å². The zero-order valence-electron chi connectivity index (χ0n) is 19.7. The molecule has 0 bridgehead atoms. The highest BCUT2D eigenvalue weighted by Crippen LogP contribution is 2.43. The number of aldehydes is 1. The third kappa shape index (κ3) is 4.01. The second-order valence-corrected chi connectivity index (χ2v) is 11.1. The van der Waals surface area contributed by atoms with Crippen molar-refractivity contribution in [1.29, 1.82) is 0 Å². The van der Waals surface area contributed by atoms with Crippen LogP contribution in [0.15, 0.2) is 64.9 Å². The summed E-state index contributed by atoms with van der Waals surface area (Å²) in [5.41, 5.74) is 1.65. The number of hydrogen-bond acceptors (Lipinski definition) is 6. The lowest BCUT2D eigenvalue weighted by Crippen LogP contribution is -2.37. The summed E-state index contributed by atoms with van der Waals surface area (Å²) in [4.78, 5) is 15.5. The summed E-state index contributed by atoms with van der Waals surface area (Å²) in [7, 11) is -3.80. The Bertz CT molecular complexity index is 1390. The van der Waals surface area contributed by atoms with Crippen LogP contribution in [0.5, 0.6) is 0 Å². The Labute approximate surface area is 204 Å². The van der Waals surface area contributed by atoms with E-state index < -0.39 is 22.2 Å². The van der Waals surface area contributed by atoms with Crippen molar-refractivity contribution in [3.8, 4) is 0 Å². The van der Waals surface area contributed by atoms with Crippen LogP contribution in [0.25, 0.3) is 0 Å². The molecule has 1 saturated carbocycles. The van der Waals surface area contributed by atoms with Gasteiger partial charge in [0.25, 0.3) is 10.0 Å². The zero-order chi connectivity index (χ0) is 24.7. The number of rotatable bonds is 7. The fourth-order valence-electron chi connectivity index (χ4n) is 5.20. The average Bonchev–Trinajstić information content (AvgIpc) is 3.63. The average molecular weight is 493 g/mol. The maximum Gasteiger partial charge on any atom is 0.265 e. The molecule has 9 nitrogen and oxygen atoms in total. The predicted octanol–water partition coefficient (Wildman–Crippen LogP) is 3.80. The van der Waals surface area contributed by atoms with E-state index >= 15 is 0 Å². The maximum atomic E-state index is 13.4. The Balaban J connectivity index is 1.42. The van der Waals surface area contributed by atoms with Crippen molar-refractivity contribution in [2.24, 2.45) is 4.99 Å². The molecule has 2 aromatic heterocycles. The van der Waals surface area contributed by atoms with Crippen LogP contribution in [0.1, 0.15) is 64.8 Å². The van der Waals surface area contributed by atoms with Gasteiger partial charge in [0.2, 0.25) is 0 Å².